The Hall–Kier alpha value is -0.986. The van der Waals surface area contributed by atoms with Gasteiger partial charge in [0, 0.05) is 38.5 Å². The van der Waals surface area contributed by atoms with Gasteiger partial charge in [-0.25, -0.2) is 0 Å². The molecule has 0 saturated carbocycles. The number of nitrogen functional groups attached to an aromatic ring is 2. The van der Waals surface area contributed by atoms with Crippen LogP contribution >= 0.6 is 0 Å². The van der Waals surface area contributed by atoms with Crippen molar-refractivity contribution in [1.82, 2.24) is 0 Å². The van der Waals surface area contributed by atoms with Crippen molar-refractivity contribution in [3.05, 3.63) is 36.4 Å². The molecule has 0 amide bonds. The van der Waals surface area contributed by atoms with Gasteiger partial charge in [0.1, 0.15) is 0 Å². The average molecular weight is 206 g/mol. The van der Waals surface area contributed by atoms with E-state index in [-0.39, 0.29) is 21.7 Å². The van der Waals surface area contributed by atoms with Crippen LogP contribution in [0, 0.1) is 0 Å². The second-order valence-corrected chi connectivity index (χ2v) is 2.79. The van der Waals surface area contributed by atoms with Crippen molar-refractivity contribution >= 4 is 22.1 Å². The molecule has 0 aliphatic carbocycles. The summed E-state index contributed by atoms with van der Waals surface area (Å²) in [6, 6.07) is 11.6. The summed E-state index contributed by atoms with van der Waals surface area (Å²) in [4.78, 5) is 0. The van der Waals surface area contributed by atoms with Gasteiger partial charge < -0.3 is 11.5 Å². The van der Waals surface area contributed by atoms with Crippen molar-refractivity contribution in [3.63, 3.8) is 0 Å². The first kappa shape index (κ1) is 10.1. The van der Waals surface area contributed by atoms with Crippen LogP contribution in [0.5, 0.6) is 0 Å². The third kappa shape index (κ3) is 1.69. The summed E-state index contributed by atoms with van der Waals surface area (Å²) in [6.07, 6.45) is 0. The zero-order valence-corrected chi connectivity index (χ0v) is 8.68. The first-order chi connectivity index (χ1) is 5.79. The van der Waals surface area contributed by atoms with Crippen LogP contribution in [0.4, 0.5) is 11.4 Å². The average Bonchev–Trinajstić information content (AvgIpc) is 2.04. The molecule has 0 aromatic heterocycles. The third-order valence-electron chi connectivity index (χ3n) is 1.97. The van der Waals surface area contributed by atoms with Gasteiger partial charge in [-0.3, -0.25) is 0 Å². The Labute approximate surface area is 91.8 Å². The van der Waals surface area contributed by atoms with Crippen LogP contribution in [0.2, 0.25) is 0 Å². The summed E-state index contributed by atoms with van der Waals surface area (Å²) in [6.45, 7) is 0. The standard InChI is InChI=1S/C10H10N2.Ti/c11-8-5-1-3-7-4-2-6-9(12)10(7)8;/h1-6H,11-12H2;. The number of hydrogen-bond donors (Lipinski definition) is 2. The van der Waals surface area contributed by atoms with Crippen molar-refractivity contribution in [3.8, 4) is 0 Å². The Kier molecular flexibility index (Phi) is 2.96. The number of rotatable bonds is 0. The van der Waals surface area contributed by atoms with E-state index in [0.717, 1.165) is 22.1 Å². The third-order valence-corrected chi connectivity index (χ3v) is 1.97. The molecule has 0 spiro atoms. The van der Waals surface area contributed by atoms with Gasteiger partial charge in [-0.15, -0.1) is 0 Å². The molecule has 0 atom stereocenters. The summed E-state index contributed by atoms with van der Waals surface area (Å²) < 4.78 is 0. The molecule has 0 radical (unpaired) electrons. The van der Waals surface area contributed by atoms with Gasteiger partial charge >= 0.3 is 0 Å². The van der Waals surface area contributed by atoms with Crippen molar-refractivity contribution in [2.24, 2.45) is 0 Å². The molecular weight excluding hydrogens is 196 g/mol. The number of benzene rings is 2. The normalized spacial score (nSPS) is 9.54. The van der Waals surface area contributed by atoms with E-state index in [9.17, 15) is 0 Å². The van der Waals surface area contributed by atoms with Crippen molar-refractivity contribution in [1.29, 1.82) is 0 Å². The minimum Gasteiger partial charge on any atom is -0.398 e. The van der Waals surface area contributed by atoms with Gasteiger partial charge in [-0.2, -0.15) is 0 Å². The molecule has 2 aromatic rings. The van der Waals surface area contributed by atoms with E-state index in [4.69, 9.17) is 11.5 Å². The molecule has 0 aliphatic rings. The molecule has 2 aromatic carbocycles. The fourth-order valence-corrected chi connectivity index (χ4v) is 1.40. The smallest absolute Gasteiger partial charge is 0.0414 e. The van der Waals surface area contributed by atoms with Crippen LogP contribution in [-0.4, -0.2) is 0 Å². The molecule has 0 bridgehead atoms. The number of hydrogen-bond acceptors (Lipinski definition) is 2. The Morgan fingerprint density at radius 3 is 1.62 bits per heavy atom. The van der Waals surface area contributed by atoms with Gasteiger partial charge in [-0.1, -0.05) is 24.3 Å². The van der Waals surface area contributed by atoms with E-state index in [0.29, 0.717) is 0 Å². The number of anilines is 2. The van der Waals surface area contributed by atoms with Crippen LogP contribution in [0.3, 0.4) is 0 Å². The van der Waals surface area contributed by atoms with Gasteiger partial charge in [0.2, 0.25) is 0 Å². The number of nitrogens with two attached hydrogens (primary N) is 2. The minimum absolute atomic E-state index is 0. The fourth-order valence-electron chi connectivity index (χ4n) is 1.40. The SMILES string of the molecule is Nc1cccc2cccc(N)c12.[Ti]. The fraction of sp³-hybridized carbons (Fsp3) is 0. The molecule has 64 valence electrons. The second kappa shape index (κ2) is 3.82. The molecule has 2 rings (SSSR count). The Morgan fingerprint density at radius 2 is 1.23 bits per heavy atom. The Bertz CT molecular complexity index is 389. The van der Waals surface area contributed by atoms with Crippen LogP contribution in [0.15, 0.2) is 36.4 Å². The van der Waals surface area contributed by atoms with Crippen LogP contribution < -0.4 is 11.5 Å². The van der Waals surface area contributed by atoms with Gasteiger partial charge in [0.05, 0.1) is 0 Å². The van der Waals surface area contributed by atoms with Crippen LogP contribution in [-0.2, 0) is 21.7 Å². The van der Waals surface area contributed by atoms with E-state index in [2.05, 4.69) is 0 Å². The van der Waals surface area contributed by atoms with Crippen molar-refractivity contribution in [2.75, 3.05) is 11.5 Å². The maximum absolute atomic E-state index is 5.78. The predicted octanol–water partition coefficient (Wildman–Crippen LogP) is 2.00. The molecular formula is C10H10N2Ti. The van der Waals surface area contributed by atoms with E-state index in [1.807, 2.05) is 36.4 Å². The largest absolute Gasteiger partial charge is 0.398 e. The molecule has 4 N–H and O–H groups in total. The predicted molar refractivity (Wildman–Crippen MR) is 52.8 cm³/mol. The van der Waals surface area contributed by atoms with Gasteiger partial charge in [-0.05, 0) is 17.5 Å². The quantitative estimate of drug-likeness (QED) is 0.511. The molecule has 0 unspecified atom stereocenters. The second-order valence-electron chi connectivity index (χ2n) is 2.79. The molecule has 0 heterocycles. The molecule has 2 nitrogen and oxygen atoms in total. The van der Waals surface area contributed by atoms with E-state index in [1.54, 1.807) is 0 Å². The maximum Gasteiger partial charge on any atom is 0.0414 e. The van der Waals surface area contributed by atoms with Crippen molar-refractivity contribution < 1.29 is 21.7 Å². The summed E-state index contributed by atoms with van der Waals surface area (Å²) in [5.74, 6) is 0. The summed E-state index contributed by atoms with van der Waals surface area (Å²) in [5.41, 5.74) is 13.0. The van der Waals surface area contributed by atoms with Crippen molar-refractivity contribution in [2.45, 2.75) is 0 Å². The molecule has 0 fully saturated rings. The summed E-state index contributed by atoms with van der Waals surface area (Å²) in [5, 5.41) is 2.05. The zero-order valence-electron chi connectivity index (χ0n) is 7.12. The summed E-state index contributed by atoms with van der Waals surface area (Å²) >= 11 is 0. The van der Waals surface area contributed by atoms with Gasteiger partial charge in [0.25, 0.3) is 0 Å². The maximum atomic E-state index is 5.78. The van der Waals surface area contributed by atoms with E-state index < -0.39 is 0 Å². The van der Waals surface area contributed by atoms with Gasteiger partial charge in [0.15, 0.2) is 0 Å². The van der Waals surface area contributed by atoms with Crippen LogP contribution in [0.1, 0.15) is 0 Å². The zero-order chi connectivity index (χ0) is 8.55. The first-order valence-corrected chi connectivity index (χ1v) is 3.82. The topological polar surface area (TPSA) is 52.0 Å². The summed E-state index contributed by atoms with van der Waals surface area (Å²) in [7, 11) is 0. The minimum atomic E-state index is 0. The van der Waals surface area contributed by atoms with E-state index in [1.165, 1.54) is 0 Å². The number of fused-ring (bicyclic) bond motifs is 1. The molecule has 0 saturated heterocycles. The molecule has 3 heteroatoms. The monoisotopic (exact) mass is 206 g/mol. The Balaban J connectivity index is 0.000000845. The van der Waals surface area contributed by atoms with E-state index >= 15 is 0 Å². The molecule has 0 aliphatic heterocycles. The first-order valence-electron chi connectivity index (χ1n) is 3.82. The Morgan fingerprint density at radius 1 is 0.769 bits per heavy atom. The van der Waals surface area contributed by atoms with Crippen LogP contribution in [0.25, 0.3) is 10.8 Å². The molecule has 13 heavy (non-hydrogen) atoms.